The predicted molar refractivity (Wildman–Crippen MR) is 127 cm³/mol. The van der Waals surface area contributed by atoms with Crippen LogP contribution in [0.3, 0.4) is 0 Å². The highest BCUT2D eigenvalue weighted by molar-refractivity contribution is 14.0. The van der Waals surface area contributed by atoms with E-state index in [4.69, 9.17) is 14.9 Å². The number of ether oxygens (including phenoxy) is 1. The summed E-state index contributed by atoms with van der Waals surface area (Å²) in [5, 5.41) is 6.60. The first kappa shape index (κ1) is 24.9. The van der Waals surface area contributed by atoms with Gasteiger partial charge in [0, 0.05) is 32.7 Å². The molecule has 1 fully saturated rings. The number of nitrogens with two attached hydrogens (primary N) is 1. The summed E-state index contributed by atoms with van der Waals surface area (Å²) in [5.41, 5.74) is 6.13. The molecule has 0 radical (unpaired) electrons. The van der Waals surface area contributed by atoms with Crippen LogP contribution in [0.25, 0.3) is 0 Å². The number of methoxy groups -OCH3 is 1. The monoisotopic (exact) mass is 545 g/mol. The third-order valence-electron chi connectivity index (χ3n) is 5.11. The van der Waals surface area contributed by atoms with E-state index in [0.29, 0.717) is 24.8 Å². The zero-order valence-corrected chi connectivity index (χ0v) is 20.0. The van der Waals surface area contributed by atoms with E-state index in [1.54, 1.807) is 25.2 Å². The summed E-state index contributed by atoms with van der Waals surface area (Å²) in [4.78, 5) is 17.7. The number of nitrogens with one attached hydrogen (secondary N) is 2. The van der Waals surface area contributed by atoms with Gasteiger partial charge in [0.2, 0.25) is 0 Å². The van der Waals surface area contributed by atoms with E-state index in [1.807, 2.05) is 6.07 Å². The highest BCUT2D eigenvalue weighted by atomic mass is 127. The molecule has 1 aromatic carbocycles. The molecule has 10 heteroatoms. The van der Waals surface area contributed by atoms with Gasteiger partial charge in [0.25, 0.3) is 5.91 Å². The fourth-order valence-electron chi connectivity index (χ4n) is 3.47. The van der Waals surface area contributed by atoms with E-state index in [0.717, 1.165) is 31.5 Å². The molecule has 1 aliphatic heterocycles. The van der Waals surface area contributed by atoms with Gasteiger partial charge in [-0.3, -0.25) is 14.7 Å². The number of carbonyl (C=O) groups is 1. The fraction of sp³-hybridized carbons (Fsp3) is 0.429. The molecule has 4 N–H and O–H groups in total. The van der Waals surface area contributed by atoms with Gasteiger partial charge in [-0.1, -0.05) is 6.07 Å². The van der Waals surface area contributed by atoms with E-state index >= 15 is 0 Å². The van der Waals surface area contributed by atoms with Crippen molar-refractivity contribution in [2.24, 2.45) is 10.7 Å². The van der Waals surface area contributed by atoms with Crippen molar-refractivity contribution in [1.29, 1.82) is 0 Å². The van der Waals surface area contributed by atoms with Gasteiger partial charge in [0.1, 0.15) is 5.76 Å². The molecule has 0 aliphatic carbocycles. The largest absolute Gasteiger partial charge is 0.494 e. The van der Waals surface area contributed by atoms with Crippen molar-refractivity contribution in [3.8, 4) is 5.75 Å². The van der Waals surface area contributed by atoms with Crippen LogP contribution in [0.2, 0.25) is 0 Å². The van der Waals surface area contributed by atoms with Crippen molar-refractivity contribution in [2.45, 2.75) is 32.0 Å². The van der Waals surface area contributed by atoms with Gasteiger partial charge in [-0.15, -0.1) is 24.0 Å². The van der Waals surface area contributed by atoms with Crippen LogP contribution in [-0.2, 0) is 13.1 Å². The minimum atomic E-state index is -0.590. The van der Waals surface area contributed by atoms with Crippen molar-refractivity contribution >= 4 is 35.8 Å². The number of hydrogen-bond donors (Lipinski definition) is 3. The minimum Gasteiger partial charge on any atom is -0.494 e. The Hall–Kier alpha value is -2.34. The molecule has 2 aromatic rings. The van der Waals surface area contributed by atoms with Crippen LogP contribution in [0.15, 0.2) is 39.7 Å². The second-order valence-corrected chi connectivity index (χ2v) is 7.22. The number of aliphatic imine (C=N–C) groups is 1. The van der Waals surface area contributed by atoms with E-state index in [9.17, 15) is 9.18 Å². The summed E-state index contributed by atoms with van der Waals surface area (Å²) in [5.74, 6) is 0.754. The molecule has 1 aromatic heterocycles. The first-order valence-corrected chi connectivity index (χ1v) is 9.89. The summed E-state index contributed by atoms with van der Waals surface area (Å²) in [7, 11) is 3.17. The van der Waals surface area contributed by atoms with Crippen LogP contribution >= 0.6 is 24.0 Å². The summed E-state index contributed by atoms with van der Waals surface area (Å²) >= 11 is 0. The molecule has 0 saturated carbocycles. The normalized spacial score (nSPS) is 15.3. The lowest BCUT2D eigenvalue weighted by molar-refractivity contribution is 0.0972. The van der Waals surface area contributed by atoms with Crippen molar-refractivity contribution in [2.75, 3.05) is 27.2 Å². The molecular formula is C21H29FIN5O3. The van der Waals surface area contributed by atoms with Crippen LogP contribution < -0.4 is 21.1 Å². The lowest BCUT2D eigenvalue weighted by Gasteiger charge is -2.33. The maximum absolute atomic E-state index is 13.9. The highest BCUT2D eigenvalue weighted by Crippen LogP contribution is 2.20. The number of piperidine rings is 1. The molecule has 1 saturated heterocycles. The van der Waals surface area contributed by atoms with E-state index < -0.39 is 5.91 Å². The van der Waals surface area contributed by atoms with Crippen LogP contribution in [0, 0.1) is 5.82 Å². The average molecular weight is 545 g/mol. The average Bonchev–Trinajstić information content (AvgIpc) is 3.22. The number of carbonyl (C=O) groups excluding carboxylic acids is 1. The summed E-state index contributed by atoms with van der Waals surface area (Å²) in [6.07, 6.45) is 1.90. The number of nitrogens with zero attached hydrogens (tertiary/aromatic N) is 2. The van der Waals surface area contributed by atoms with Crippen LogP contribution in [0.4, 0.5) is 4.39 Å². The lowest BCUT2D eigenvalue weighted by Crippen LogP contribution is -2.48. The Morgan fingerprint density at radius 2 is 2.06 bits per heavy atom. The van der Waals surface area contributed by atoms with Gasteiger partial charge in [0.05, 0.1) is 13.7 Å². The van der Waals surface area contributed by atoms with Crippen LogP contribution in [0.1, 0.15) is 34.7 Å². The van der Waals surface area contributed by atoms with Gasteiger partial charge < -0.3 is 25.5 Å². The van der Waals surface area contributed by atoms with Gasteiger partial charge >= 0.3 is 0 Å². The molecule has 1 aliphatic rings. The lowest BCUT2D eigenvalue weighted by atomic mass is 10.0. The Kier molecular flexibility index (Phi) is 9.56. The first-order valence-electron chi connectivity index (χ1n) is 9.89. The summed E-state index contributed by atoms with van der Waals surface area (Å²) < 4.78 is 24.2. The number of rotatable bonds is 7. The Morgan fingerprint density at radius 1 is 1.32 bits per heavy atom. The zero-order chi connectivity index (χ0) is 21.5. The van der Waals surface area contributed by atoms with Crippen molar-refractivity contribution in [3.63, 3.8) is 0 Å². The van der Waals surface area contributed by atoms with Crippen molar-refractivity contribution < 1.29 is 18.3 Å². The summed E-state index contributed by atoms with van der Waals surface area (Å²) in [6.45, 7) is 2.92. The van der Waals surface area contributed by atoms with Gasteiger partial charge in [0.15, 0.2) is 23.3 Å². The number of primary amides is 1. The number of guanidine groups is 1. The van der Waals surface area contributed by atoms with E-state index in [1.165, 1.54) is 13.2 Å². The molecule has 0 atom stereocenters. The van der Waals surface area contributed by atoms with Crippen molar-refractivity contribution in [1.82, 2.24) is 15.5 Å². The van der Waals surface area contributed by atoms with Crippen molar-refractivity contribution in [3.05, 3.63) is 53.2 Å². The van der Waals surface area contributed by atoms with Gasteiger partial charge in [-0.2, -0.15) is 0 Å². The standard InChI is InChI=1S/C21H28FN5O3.HI/c1-24-21(25-12-16-4-6-19(30-16)20(23)28)26-15-7-9-27(10-8-15)13-14-3-5-18(29-2)17(22)11-14;/h3-6,11,15H,7-10,12-13H2,1-2H3,(H2,23,28)(H2,24,25,26);1H. The molecule has 0 unspecified atom stereocenters. The van der Waals surface area contributed by atoms with Crippen LogP contribution in [0.5, 0.6) is 5.75 Å². The number of amides is 1. The molecule has 170 valence electrons. The SMILES string of the molecule is CN=C(NCc1ccc(C(N)=O)o1)NC1CCN(Cc2ccc(OC)c(F)c2)CC1.I. The molecular weight excluding hydrogens is 516 g/mol. The number of hydrogen-bond acceptors (Lipinski definition) is 5. The maximum atomic E-state index is 13.9. The second kappa shape index (κ2) is 11.9. The molecule has 8 nitrogen and oxygen atoms in total. The summed E-state index contributed by atoms with van der Waals surface area (Å²) in [6, 6.07) is 8.66. The Morgan fingerprint density at radius 3 is 2.65 bits per heavy atom. The zero-order valence-electron chi connectivity index (χ0n) is 17.7. The highest BCUT2D eigenvalue weighted by Gasteiger charge is 2.20. The third kappa shape index (κ3) is 7.10. The molecule has 31 heavy (non-hydrogen) atoms. The van der Waals surface area contributed by atoms with E-state index in [-0.39, 0.29) is 47.3 Å². The smallest absolute Gasteiger partial charge is 0.284 e. The molecule has 1 amide bonds. The molecule has 0 spiro atoms. The maximum Gasteiger partial charge on any atom is 0.284 e. The topological polar surface area (TPSA) is 105 Å². The Balaban J connectivity index is 0.00000341. The predicted octanol–water partition coefficient (Wildman–Crippen LogP) is 2.47. The van der Waals surface area contributed by atoms with Gasteiger partial charge in [-0.25, -0.2) is 4.39 Å². The first-order chi connectivity index (χ1) is 14.5. The number of benzene rings is 1. The Bertz CT molecular complexity index is 897. The third-order valence-corrected chi connectivity index (χ3v) is 5.11. The minimum absolute atomic E-state index is 0. The Labute approximate surface area is 198 Å². The molecule has 0 bridgehead atoms. The van der Waals surface area contributed by atoms with Gasteiger partial charge in [-0.05, 0) is 42.7 Å². The number of furan rings is 1. The quantitative estimate of drug-likeness (QED) is 0.281. The van der Waals surface area contributed by atoms with Crippen LogP contribution in [-0.4, -0.2) is 50.1 Å². The van der Waals surface area contributed by atoms with E-state index in [2.05, 4.69) is 20.5 Å². The number of halogens is 2. The second-order valence-electron chi connectivity index (χ2n) is 7.22. The number of likely N-dealkylation sites (tertiary alicyclic amines) is 1. The molecule has 2 heterocycles. The fourth-order valence-corrected chi connectivity index (χ4v) is 3.47. The molecule has 3 rings (SSSR count).